The number of nitrogen functional groups attached to an aromatic ring is 1. The Hall–Kier alpha value is -1.33. The third kappa shape index (κ3) is 3.85. The third-order valence-corrected chi connectivity index (χ3v) is 3.02. The Bertz CT molecular complexity index is 424. The van der Waals surface area contributed by atoms with Crippen molar-refractivity contribution in [3.63, 3.8) is 0 Å². The van der Waals surface area contributed by atoms with Crippen LogP contribution in [0.5, 0.6) is 0 Å². The number of ether oxygens (including phenoxy) is 2. The molecule has 5 heteroatoms. The highest BCUT2D eigenvalue weighted by atomic mass is 16.5. The van der Waals surface area contributed by atoms with E-state index in [0.717, 1.165) is 25.9 Å². The zero-order chi connectivity index (χ0) is 12.8. The second kappa shape index (κ2) is 6.56. The number of anilines is 1. The molecule has 1 aliphatic rings. The van der Waals surface area contributed by atoms with E-state index < -0.39 is 0 Å². The average Bonchev–Trinajstić information content (AvgIpc) is 2.86. The summed E-state index contributed by atoms with van der Waals surface area (Å²) in [7, 11) is 0. The Kier molecular flexibility index (Phi) is 4.78. The van der Waals surface area contributed by atoms with Crippen LogP contribution in [0.1, 0.15) is 19.3 Å². The van der Waals surface area contributed by atoms with E-state index in [-0.39, 0.29) is 11.7 Å². The lowest BCUT2D eigenvalue weighted by molar-refractivity contribution is 0.0157. The summed E-state index contributed by atoms with van der Waals surface area (Å²) < 4.78 is 12.6. The first-order valence-electron chi connectivity index (χ1n) is 6.41. The molecule has 5 nitrogen and oxygen atoms in total. The number of pyridine rings is 1. The highest BCUT2D eigenvalue weighted by molar-refractivity contribution is 5.33. The molecular weight excluding hydrogens is 232 g/mol. The fourth-order valence-electron chi connectivity index (χ4n) is 2.05. The SMILES string of the molecule is Nc1ccc(=O)n(CCCOCC2CCCO2)c1. The molecule has 1 aliphatic heterocycles. The number of nitrogens with two attached hydrogens (primary N) is 1. The van der Waals surface area contributed by atoms with Crippen molar-refractivity contribution in [1.82, 2.24) is 4.57 Å². The van der Waals surface area contributed by atoms with E-state index in [0.29, 0.717) is 25.4 Å². The molecule has 18 heavy (non-hydrogen) atoms. The standard InChI is InChI=1S/C13H20N2O3/c14-11-4-5-13(16)15(9-11)6-2-7-17-10-12-3-1-8-18-12/h4-5,9,12H,1-3,6-8,10,14H2. The van der Waals surface area contributed by atoms with Gasteiger partial charge in [0.05, 0.1) is 12.7 Å². The topological polar surface area (TPSA) is 66.5 Å². The first-order chi connectivity index (χ1) is 8.75. The van der Waals surface area contributed by atoms with Crippen molar-refractivity contribution >= 4 is 5.69 Å². The number of rotatable bonds is 6. The van der Waals surface area contributed by atoms with Gasteiger partial charge in [0.1, 0.15) is 0 Å². The first-order valence-corrected chi connectivity index (χ1v) is 6.41. The maximum atomic E-state index is 11.5. The second-order valence-electron chi connectivity index (χ2n) is 4.56. The van der Waals surface area contributed by atoms with Crippen LogP contribution in [0.25, 0.3) is 0 Å². The molecule has 1 atom stereocenters. The number of aryl methyl sites for hydroxylation is 1. The Morgan fingerprint density at radius 2 is 2.39 bits per heavy atom. The van der Waals surface area contributed by atoms with E-state index in [2.05, 4.69) is 0 Å². The summed E-state index contributed by atoms with van der Waals surface area (Å²) in [6.45, 7) is 2.79. The maximum absolute atomic E-state index is 11.5. The molecule has 0 aliphatic carbocycles. The van der Waals surface area contributed by atoms with Crippen LogP contribution in [0.4, 0.5) is 5.69 Å². The lowest BCUT2D eigenvalue weighted by Crippen LogP contribution is -2.20. The number of hydrogen-bond acceptors (Lipinski definition) is 4. The van der Waals surface area contributed by atoms with Gasteiger partial charge in [0.2, 0.25) is 0 Å². The van der Waals surface area contributed by atoms with Crippen LogP contribution < -0.4 is 11.3 Å². The van der Waals surface area contributed by atoms with Crippen LogP contribution in [0, 0.1) is 0 Å². The second-order valence-corrected chi connectivity index (χ2v) is 4.56. The molecule has 1 fully saturated rings. The molecule has 2 heterocycles. The summed E-state index contributed by atoms with van der Waals surface area (Å²) in [5, 5.41) is 0. The van der Waals surface area contributed by atoms with Crippen LogP contribution in [0.15, 0.2) is 23.1 Å². The van der Waals surface area contributed by atoms with Crippen molar-refractivity contribution in [3.8, 4) is 0 Å². The largest absolute Gasteiger partial charge is 0.398 e. The molecule has 100 valence electrons. The number of nitrogens with zero attached hydrogens (tertiary/aromatic N) is 1. The minimum absolute atomic E-state index is 0.0247. The minimum Gasteiger partial charge on any atom is -0.398 e. The summed E-state index contributed by atoms with van der Waals surface area (Å²) in [4.78, 5) is 11.5. The van der Waals surface area contributed by atoms with Crippen molar-refractivity contribution in [1.29, 1.82) is 0 Å². The molecule has 0 spiro atoms. The molecule has 0 aromatic carbocycles. The van der Waals surface area contributed by atoms with Gasteiger partial charge in [-0.15, -0.1) is 0 Å². The van der Waals surface area contributed by atoms with Crippen LogP contribution in [-0.2, 0) is 16.0 Å². The molecule has 0 saturated carbocycles. The zero-order valence-electron chi connectivity index (χ0n) is 10.5. The van der Waals surface area contributed by atoms with Gasteiger partial charge in [0.25, 0.3) is 5.56 Å². The van der Waals surface area contributed by atoms with Crippen molar-refractivity contribution in [3.05, 3.63) is 28.7 Å². The van der Waals surface area contributed by atoms with Crippen LogP contribution in [0.3, 0.4) is 0 Å². The molecule has 0 radical (unpaired) electrons. The van der Waals surface area contributed by atoms with E-state index >= 15 is 0 Å². The molecule has 0 amide bonds. The highest BCUT2D eigenvalue weighted by Crippen LogP contribution is 2.11. The Morgan fingerprint density at radius 3 is 3.17 bits per heavy atom. The lowest BCUT2D eigenvalue weighted by Gasteiger charge is -2.10. The summed E-state index contributed by atoms with van der Waals surface area (Å²) in [5.41, 5.74) is 6.21. The van der Waals surface area contributed by atoms with Gasteiger partial charge < -0.3 is 19.8 Å². The Morgan fingerprint density at radius 1 is 1.50 bits per heavy atom. The highest BCUT2D eigenvalue weighted by Gasteiger charge is 2.14. The van der Waals surface area contributed by atoms with E-state index in [1.807, 2.05) is 0 Å². The quantitative estimate of drug-likeness (QED) is 0.767. The van der Waals surface area contributed by atoms with E-state index in [1.165, 1.54) is 6.07 Å². The zero-order valence-corrected chi connectivity index (χ0v) is 10.5. The molecule has 2 N–H and O–H groups in total. The van der Waals surface area contributed by atoms with Crippen LogP contribution in [-0.4, -0.2) is 30.5 Å². The third-order valence-electron chi connectivity index (χ3n) is 3.02. The van der Waals surface area contributed by atoms with Gasteiger partial charge in [-0.2, -0.15) is 0 Å². The Balaban J connectivity index is 1.65. The van der Waals surface area contributed by atoms with Crippen molar-refractivity contribution in [2.24, 2.45) is 0 Å². The minimum atomic E-state index is -0.0247. The lowest BCUT2D eigenvalue weighted by atomic mass is 10.2. The number of hydrogen-bond donors (Lipinski definition) is 1. The monoisotopic (exact) mass is 252 g/mol. The van der Waals surface area contributed by atoms with Gasteiger partial charge in [-0.05, 0) is 25.3 Å². The smallest absolute Gasteiger partial charge is 0.250 e. The van der Waals surface area contributed by atoms with Gasteiger partial charge in [-0.1, -0.05) is 0 Å². The van der Waals surface area contributed by atoms with Crippen LogP contribution >= 0.6 is 0 Å². The van der Waals surface area contributed by atoms with Crippen molar-refractivity contribution in [2.75, 3.05) is 25.6 Å². The number of aromatic nitrogens is 1. The summed E-state index contributed by atoms with van der Waals surface area (Å²) in [6.07, 6.45) is 4.96. The molecule has 1 aromatic heterocycles. The predicted molar refractivity (Wildman–Crippen MR) is 69.5 cm³/mol. The molecule has 2 rings (SSSR count). The molecule has 0 bridgehead atoms. The van der Waals surface area contributed by atoms with Crippen molar-refractivity contribution in [2.45, 2.75) is 31.9 Å². The fourth-order valence-corrected chi connectivity index (χ4v) is 2.05. The van der Waals surface area contributed by atoms with Gasteiger partial charge >= 0.3 is 0 Å². The molecular formula is C13H20N2O3. The first kappa shape index (κ1) is 13.1. The van der Waals surface area contributed by atoms with Crippen molar-refractivity contribution < 1.29 is 9.47 Å². The van der Waals surface area contributed by atoms with Gasteiger partial charge in [0.15, 0.2) is 0 Å². The Labute approximate surface area is 107 Å². The molecule has 1 unspecified atom stereocenters. The van der Waals surface area contributed by atoms with Gasteiger partial charge in [0, 0.05) is 37.7 Å². The molecule has 1 aromatic rings. The summed E-state index contributed by atoms with van der Waals surface area (Å²) in [5.74, 6) is 0. The van der Waals surface area contributed by atoms with E-state index in [4.69, 9.17) is 15.2 Å². The summed E-state index contributed by atoms with van der Waals surface area (Å²) >= 11 is 0. The average molecular weight is 252 g/mol. The van der Waals surface area contributed by atoms with Gasteiger partial charge in [-0.3, -0.25) is 4.79 Å². The van der Waals surface area contributed by atoms with E-state index in [1.54, 1.807) is 16.8 Å². The summed E-state index contributed by atoms with van der Waals surface area (Å²) in [6, 6.07) is 3.11. The predicted octanol–water partition coefficient (Wildman–Crippen LogP) is 1.02. The van der Waals surface area contributed by atoms with E-state index in [9.17, 15) is 4.79 Å². The normalized spacial score (nSPS) is 19.2. The van der Waals surface area contributed by atoms with Crippen LogP contribution in [0.2, 0.25) is 0 Å². The van der Waals surface area contributed by atoms with Gasteiger partial charge in [-0.25, -0.2) is 0 Å². The molecule has 1 saturated heterocycles. The fraction of sp³-hybridized carbons (Fsp3) is 0.615. The maximum Gasteiger partial charge on any atom is 0.250 e.